The Bertz CT molecular complexity index is 1230. The molecule has 3 aromatic rings. The number of rotatable bonds is 3. The van der Waals surface area contributed by atoms with Crippen molar-refractivity contribution in [3.8, 4) is 5.88 Å². The van der Waals surface area contributed by atoms with Crippen molar-refractivity contribution in [2.75, 3.05) is 6.54 Å². The van der Waals surface area contributed by atoms with Gasteiger partial charge in [0.1, 0.15) is 30.0 Å². The molecule has 0 N–H and O–H groups in total. The van der Waals surface area contributed by atoms with Crippen LogP contribution in [0, 0.1) is 6.92 Å². The van der Waals surface area contributed by atoms with Crippen LogP contribution in [0.4, 0.5) is 4.79 Å². The number of carbonyl (C=O) groups excluding carboxylic acids is 1. The van der Waals surface area contributed by atoms with Crippen LogP contribution in [0.15, 0.2) is 37.1 Å². The molecule has 0 radical (unpaired) electrons. The van der Waals surface area contributed by atoms with Gasteiger partial charge in [-0.05, 0) is 39.8 Å². The third-order valence-electron chi connectivity index (χ3n) is 5.96. The van der Waals surface area contributed by atoms with Crippen molar-refractivity contribution in [1.82, 2.24) is 29.4 Å². The Morgan fingerprint density at radius 3 is 2.76 bits per heavy atom. The number of hydrogen-bond donors (Lipinski definition) is 0. The summed E-state index contributed by atoms with van der Waals surface area (Å²) < 4.78 is 14.0. The monoisotopic (exact) mass is 448 g/mol. The van der Waals surface area contributed by atoms with E-state index in [0.717, 1.165) is 34.4 Å². The lowest BCUT2D eigenvalue weighted by Crippen LogP contribution is -2.40. The van der Waals surface area contributed by atoms with E-state index < -0.39 is 5.60 Å². The first-order valence-corrected chi connectivity index (χ1v) is 11.2. The summed E-state index contributed by atoms with van der Waals surface area (Å²) in [7, 11) is 0. The van der Waals surface area contributed by atoms with Gasteiger partial charge in [-0.3, -0.25) is 0 Å². The fraction of sp³-hybridized carbons (Fsp3) is 0.458. The molecule has 172 valence electrons. The Labute approximate surface area is 192 Å². The van der Waals surface area contributed by atoms with E-state index in [-0.39, 0.29) is 18.2 Å². The van der Waals surface area contributed by atoms with Crippen LogP contribution in [-0.2, 0) is 17.7 Å². The predicted octanol–water partition coefficient (Wildman–Crippen LogP) is 3.77. The van der Waals surface area contributed by atoms with Gasteiger partial charge in [-0.1, -0.05) is 6.08 Å². The second kappa shape index (κ2) is 8.13. The maximum atomic E-state index is 12.6. The molecular weight excluding hydrogens is 420 g/mol. The molecular formula is C24H28N6O3. The number of hydrogen-bond acceptors (Lipinski definition) is 7. The summed E-state index contributed by atoms with van der Waals surface area (Å²) in [5.41, 5.74) is 3.11. The van der Waals surface area contributed by atoms with Gasteiger partial charge in [0.2, 0.25) is 5.88 Å². The molecule has 4 heterocycles. The molecule has 0 fully saturated rings. The van der Waals surface area contributed by atoms with Crippen molar-refractivity contribution in [1.29, 1.82) is 0 Å². The highest BCUT2D eigenvalue weighted by molar-refractivity contribution is 5.78. The highest BCUT2D eigenvalue weighted by atomic mass is 16.6. The van der Waals surface area contributed by atoms with Gasteiger partial charge >= 0.3 is 6.09 Å². The number of aromatic nitrogens is 5. The second-order valence-electron chi connectivity index (χ2n) is 9.52. The fourth-order valence-electron chi connectivity index (χ4n) is 4.35. The van der Waals surface area contributed by atoms with E-state index in [1.54, 1.807) is 11.2 Å². The number of aryl methyl sites for hydroxylation is 1. The van der Waals surface area contributed by atoms with Crippen LogP contribution in [0.25, 0.3) is 11.0 Å². The molecule has 5 rings (SSSR count). The van der Waals surface area contributed by atoms with Crippen LogP contribution in [-0.4, -0.2) is 53.7 Å². The fourth-order valence-corrected chi connectivity index (χ4v) is 4.35. The largest absolute Gasteiger partial charge is 0.470 e. The van der Waals surface area contributed by atoms with Gasteiger partial charge in [0.25, 0.3) is 0 Å². The van der Waals surface area contributed by atoms with Gasteiger partial charge < -0.3 is 18.9 Å². The van der Waals surface area contributed by atoms with Crippen molar-refractivity contribution < 1.29 is 14.3 Å². The summed E-state index contributed by atoms with van der Waals surface area (Å²) in [5, 5.41) is 1.06. The number of fused-ring (bicyclic) bond motifs is 2. The molecule has 9 heteroatoms. The van der Waals surface area contributed by atoms with E-state index in [0.29, 0.717) is 25.4 Å². The van der Waals surface area contributed by atoms with Gasteiger partial charge in [-0.2, -0.15) is 0 Å². The molecule has 0 saturated heterocycles. The topological polar surface area (TPSA) is 95.3 Å². The van der Waals surface area contributed by atoms with Crippen molar-refractivity contribution in [3.63, 3.8) is 0 Å². The zero-order chi connectivity index (χ0) is 23.2. The molecule has 0 saturated carbocycles. The lowest BCUT2D eigenvalue weighted by atomic mass is 10.1. The van der Waals surface area contributed by atoms with Crippen LogP contribution in [0.1, 0.15) is 50.2 Å². The Hall–Kier alpha value is -3.49. The van der Waals surface area contributed by atoms with Crippen molar-refractivity contribution in [2.24, 2.45) is 0 Å². The van der Waals surface area contributed by atoms with Gasteiger partial charge in [-0.15, -0.1) is 0 Å². The summed E-state index contributed by atoms with van der Waals surface area (Å²) in [4.78, 5) is 31.8. The summed E-state index contributed by atoms with van der Waals surface area (Å²) >= 11 is 0. The van der Waals surface area contributed by atoms with E-state index in [1.807, 2.05) is 27.7 Å². The molecule has 0 unspecified atom stereocenters. The normalized spacial score (nSPS) is 20.2. The molecule has 1 aliphatic heterocycles. The minimum atomic E-state index is -0.542. The van der Waals surface area contributed by atoms with Gasteiger partial charge in [0.05, 0.1) is 29.5 Å². The Balaban J connectivity index is 1.31. The average Bonchev–Trinajstić information content (AvgIpc) is 3.40. The summed E-state index contributed by atoms with van der Waals surface area (Å²) in [6.45, 7) is 8.52. The lowest BCUT2D eigenvalue weighted by Gasteiger charge is -2.31. The summed E-state index contributed by atoms with van der Waals surface area (Å²) in [6.07, 6.45) is 10.3. The number of ether oxygens (including phenoxy) is 2. The minimum Gasteiger partial charge on any atom is -0.470 e. The molecule has 1 aliphatic carbocycles. The molecule has 2 aliphatic rings. The highest BCUT2D eigenvalue weighted by Gasteiger charge is 2.30. The number of nitrogens with zero attached hydrogens (tertiary/aromatic N) is 6. The van der Waals surface area contributed by atoms with Crippen molar-refractivity contribution in [2.45, 2.75) is 64.8 Å². The average molecular weight is 449 g/mol. The predicted molar refractivity (Wildman–Crippen MR) is 122 cm³/mol. The zero-order valence-corrected chi connectivity index (χ0v) is 19.4. The van der Waals surface area contributed by atoms with Gasteiger partial charge in [-0.25, -0.2) is 24.7 Å². The molecule has 33 heavy (non-hydrogen) atoms. The van der Waals surface area contributed by atoms with E-state index in [1.165, 1.54) is 6.33 Å². The van der Waals surface area contributed by atoms with Gasteiger partial charge in [0, 0.05) is 31.0 Å². The number of carbonyl (C=O) groups is 1. The van der Waals surface area contributed by atoms with Crippen molar-refractivity contribution in [3.05, 3.63) is 54.0 Å². The van der Waals surface area contributed by atoms with Crippen molar-refractivity contribution >= 4 is 17.1 Å². The van der Waals surface area contributed by atoms with Crippen LogP contribution in [0.3, 0.4) is 0 Å². The quantitative estimate of drug-likeness (QED) is 0.563. The molecule has 0 bridgehead atoms. The van der Waals surface area contributed by atoms with Crippen LogP contribution in [0.2, 0.25) is 0 Å². The van der Waals surface area contributed by atoms with Crippen LogP contribution >= 0.6 is 0 Å². The van der Waals surface area contributed by atoms with Gasteiger partial charge in [0.15, 0.2) is 0 Å². The molecule has 0 aromatic carbocycles. The molecule has 2 atom stereocenters. The standard InChI is InChI=1S/C24H28N6O3/c1-15-18-7-10-30(21(18)27-13-25-15)16-5-6-17(11-16)32-22-19-12-29(23(31)33-24(2,3)4)9-8-20(19)26-14-28-22/h5-7,10,13-14,16-17H,8-9,11-12H2,1-4H3/t16-,17+/m0/s1. The number of amides is 1. The Morgan fingerprint density at radius 2 is 1.94 bits per heavy atom. The molecule has 3 aromatic heterocycles. The van der Waals surface area contributed by atoms with Crippen LogP contribution < -0.4 is 4.74 Å². The van der Waals surface area contributed by atoms with E-state index in [4.69, 9.17) is 9.47 Å². The maximum Gasteiger partial charge on any atom is 0.410 e. The highest BCUT2D eigenvalue weighted by Crippen LogP contribution is 2.32. The lowest BCUT2D eigenvalue weighted by molar-refractivity contribution is 0.0220. The van der Waals surface area contributed by atoms with E-state index in [9.17, 15) is 4.79 Å². The van der Waals surface area contributed by atoms with Crippen LogP contribution in [0.5, 0.6) is 5.88 Å². The SMILES string of the molecule is Cc1ncnc2c1ccn2[C@H]1C=C[C@@H](Oc2ncnc3c2CN(C(=O)OC(C)(C)C)CC3)C1. The summed E-state index contributed by atoms with van der Waals surface area (Å²) in [5.74, 6) is 0.527. The number of allylic oxidation sites excluding steroid dienone is 1. The first kappa shape index (κ1) is 21.4. The maximum absolute atomic E-state index is 12.6. The molecule has 0 spiro atoms. The first-order valence-electron chi connectivity index (χ1n) is 11.2. The Morgan fingerprint density at radius 1 is 1.12 bits per heavy atom. The smallest absolute Gasteiger partial charge is 0.410 e. The third-order valence-corrected chi connectivity index (χ3v) is 5.96. The van der Waals surface area contributed by atoms with E-state index in [2.05, 4.69) is 48.9 Å². The molecule has 1 amide bonds. The first-order chi connectivity index (χ1) is 15.8. The minimum absolute atomic E-state index is 0.133. The van der Waals surface area contributed by atoms with E-state index >= 15 is 0 Å². The zero-order valence-electron chi connectivity index (χ0n) is 19.4. The second-order valence-corrected chi connectivity index (χ2v) is 9.52. The Kier molecular flexibility index (Phi) is 5.26. The molecule has 9 nitrogen and oxygen atoms in total. The summed E-state index contributed by atoms with van der Waals surface area (Å²) in [6, 6.07) is 2.19. The third kappa shape index (κ3) is 4.27.